The molecule has 2 atom stereocenters. The maximum atomic E-state index is 6.25. The third-order valence-electron chi connectivity index (χ3n) is 5.51. The summed E-state index contributed by atoms with van der Waals surface area (Å²) >= 11 is 0. The highest BCUT2D eigenvalue weighted by Gasteiger charge is 2.41. The largest absolute Gasteiger partial charge is 0.469 e. The van der Waals surface area contributed by atoms with Crippen LogP contribution < -0.4 is 5.32 Å². The van der Waals surface area contributed by atoms with Crippen molar-refractivity contribution in [2.75, 3.05) is 13.7 Å². The van der Waals surface area contributed by atoms with Gasteiger partial charge in [0.1, 0.15) is 5.76 Å². The van der Waals surface area contributed by atoms with Gasteiger partial charge in [-0.15, -0.1) is 0 Å². The van der Waals surface area contributed by atoms with E-state index in [0.29, 0.717) is 12.0 Å². The number of ether oxygens (including phenoxy) is 1. The van der Waals surface area contributed by atoms with Crippen molar-refractivity contribution in [3.63, 3.8) is 0 Å². The summed E-state index contributed by atoms with van der Waals surface area (Å²) in [4.78, 5) is 0. The molecule has 0 aromatic carbocycles. The lowest BCUT2D eigenvalue weighted by molar-refractivity contribution is -0.121. The zero-order valence-electron chi connectivity index (χ0n) is 13.5. The first kappa shape index (κ1) is 15.1. The molecular formula is C18H29NO2. The Morgan fingerprint density at radius 2 is 2.14 bits per heavy atom. The van der Waals surface area contributed by atoms with Crippen molar-refractivity contribution in [3.05, 3.63) is 23.7 Å². The first-order valence-electron chi connectivity index (χ1n) is 8.65. The normalized spacial score (nSPS) is 26.9. The van der Waals surface area contributed by atoms with Crippen molar-refractivity contribution in [1.29, 1.82) is 0 Å². The molecule has 0 amide bonds. The standard InChI is InChI=1S/C18H29NO2/c1-3-16-15(8-11-20-16)17(19-2)14-7-12-21-18(13-14)9-5-4-6-10-18/h8,11,14,17,19H,3-7,9-10,12-13H2,1-2H3. The molecule has 2 aliphatic rings. The Morgan fingerprint density at radius 3 is 2.86 bits per heavy atom. The van der Waals surface area contributed by atoms with Crippen molar-refractivity contribution in [2.24, 2.45) is 5.92 Å². The van der Waals surface area contributed by atoms with E-state index >= 15 is 0 Å². The average Bonchev–Trinajstić information content (AvgIpc) is 2.97. The van der Waals surface area contributed by atoms with Crippen LogP contribution in [0.15, 0.2) is 16.7 Å². The van der Waals surface area contributed by atoms with Crippen molar-refractivity contribution >= 4 is 0 Å². The molecule has 2 heterocycles. The summed E-state index contributed by atoms with van der Waals surface area (Å²) in [5, 5.41) is 3.56. The smallest absolute Gasteiger partial charge is 0.108 e. The molecule has 2 unspecified atom stereocenters. The number of hydrogen-bond donors (Lipinski definition) is 1. The number of furan rings is 1. The highest BCUT2D eigenvalue weighted by molar-refractivity contribution is 5.22. The summed E-state index contributed by atoms with van der Waals surface area (Å²) in [6.45, 7) is 3.09. The van der Waals surface area contributed by atoms with Crippen LogP contribution in [-0.4, -0.2) is 19.3 Å². The van der Waals surface area contributed by atoms with Gasteiger partial charge in [-0.25, -0.2) is 0 Å². The maximum absolute atomic E-state index is 6.25. The fourth-order valence-corrected chi connectivity index (χ4v) is 4.45. The number of aryl methyl sites for hydroxylation is 1. The maximum Gasteiger partial charge on any atom is 0.108 e. The molecule has 0 bridgehead atoms. The molecule has 3 nitrogen and oxygen atoms in total. The SMILES string of the molecule is CCc1occc1C(NC)C1CCOC2(CCCCC2)C1. The molecule has 3 heteroatoms. The van der Waals surface area contributed by atoms with Crippen LogP contribution in [-0.2, 0) is 11.2 Å². The lowest BCUT2D eigenvalue weighted by atomic mass is 9.73. The Balaban J connectivity index is 1.77. The van der Waals surface area contributed by atoms with Gasteiger partial charge in [-0.05, 0) is 44.7 Å². The van der Waals surface area contributed by atoms with Crippen LogP contribution in [0.25, 0.3) is 0 Å². The Morgan fingerprint density at radius 1 is 1.33 bits per heavy atom. The second-order valence-corrected chi connectivity index (χ2v) is 6.76. The summed E-state index contributed by atoms with van der Waals surface area (Å²) in [6.07, 6.45) is 11.7. The van der Waals surface area contributed by atoms with Crippen molar-refractivity contribution in [1.82, 2.24) is 5.32 Å². The van der Waals surface area contributed by atoms with Crippen LogP contribution in [0, 0.1) is 5.92 Å². The monoisotopic (exact) mass is 291 g/mol. The minimum atomic E-state index is 0.173. The Kier molecular flexibility index (Phi) is 4.70. The highest BCUT2D eigenvalue weighted by atomic mass is 16.5. The second-order valence-electron chi connectivity index (χ2n) is 6.76. The van der Waals surface area contributed by atoms with Gasteiger partial charge in [0.05, 0.1) is 11.9 Å². The molecule has 118 valence electrons. The molecule has 0 radical (unpaired) electrons. The summed E-state index contributed by atoms with van der Waals surface area (Å²) in [5.41, 5.74) is 1.53. The van der Waals surface area contributed by atoms with Gasteiger partial charge < -0.3 is 14.5 Å². The van der Waals surface area contributed by atoms with Crippen LogP contribution >= 0.6 is 0 Å². The van der Waals surface area contributed by atoms with E-state index in [1.807, 2.05) is 6.26 Å². The molecule has 1 spiro atoms. The van der Waals surface area contributed by atoms with Crippen molar-refractivity contribution < 1.29 is 9.15 Å². The third-order valence-corrected chi connectivity index (χ3v) is 5.51. The molecule has 1 N–H and O–H groups in total. The Hall–Kier alpha value is -0.800. The first-order chi connectivity index (χ1) is 10.3. The summed E-state index contributed by atoms with van der Waals surface area (Å²) in [5.74, 6) is 1.79. The molecule has 1 aliphatic heterocycles. The molecular weight excluding hydrogens is 262 g/mol. The van der Waals surface area contributed by atoms with E-state index in [-0.39, 0.29) is 5.60 Å². The van der Waals surface area contributed by atoms with E-state index in [1.54, 1.807) is 0 Å². The summed E-state index contributed by atoms with van der Waals surface area (Å²) < 4.78 is 11.9. The van der Waals surface area contributed by atoms with Gasteiger partial charge in [-0.2, -0.15) is 0 Å². The van der Waals surface area contributed by atoms with Crippen LogP contribution in [0.1, 0.15) is 69.2 Å². The fourth-order valence-electron chi connectivity index (χ4n) is 4.45. The predicted octanol–water partition coefficient (Wildman–Crippen LogP) is 4.23. The Labute approximate surface area is 128 Å². The topological polar surface area (TPSA) is 34.4 Å². The minimum absolute atomic E-state index is 0.173. The lowest BCUT2D eigenvalue weighted by Gasteiger charge is -2.45. The molecule has 1 aromatic heterocycles. The molecule has 2 fully saturated rings. The highest BCUT2D eigenvalue weighted by Crippen LogP contribution is 2.44. The molecule has 1 aliphatic carbocycles. The van der Waals surface area contributed by atoms with Crippen molar-refractivity contribution in [3.8, 4) is 0 Å². The van der Waals surface area contributed by atoms with E-state index in [4.69, 9.17) is 9.15 Å². The number of nitrogens with one attached hydrogen (secondary N) is 1. The Bertz CT molecular complexity index is 442. The van der Waals surface area contributed by atoms with Gasteiger partial charge in [0.25, 0.3) is 0 Å². The average molecular weight is 291 g/mol. The van der Waals surface area contributed by atoms with Crippen LogP contribution in [0.5, 0.6) is 0 Å². The van der Waals surface area contributed by atoms with E-state index in [2.05, 4.69) is 25.4 Å². The van der Waals surface area contributed by atoms with Gasteiger partial charge >= 0.3 is 0 Å². The van der Waals surface area contributed by atoms with Gasteiger partial charge in [0.15, 0.2) is 0 Å². The van der Waals surface area contributed by atoms with Crippen LogP contribution in [0.4, 0.5) is 0 Å². The van der Waals surface area contributed by atoms with E-state index < -0.39 is 0 Å². The molecule has 1 saturated heterocycles. The van der Waals surface area contributed by atoms with E-state index in [1.165, 1.54) is 44.1 Å². The first-order valence-corrected chi connectivity index (χ1v) is 8.65. The van der Waals surface area contributed by atoms with Gasteiger partial charge in [-0.3, -0.25) is 0 Å². The van der Waals surface area contributed by atoms with Crippen LogP contribution in [0.2, 0.25) is 0 Å². The second kappa shape index (κ2) is 6.53. The summed E-state index contributed by atoms with van der Waals surface area (Å²) in [7, 11) is 2.08. The third kappa shape index (κ3) is 3.04. The number of hydrogen-bond acceptors (Lipinski definition) is 3. The van der Waals surface area contributed by atoms with E-state index in [9.17, 15) is 0 Å². The van der Waals surface area contributed by atoms with Crippen molar-refractivity contribution in [2.45, 2.75) is 69.9 Å². The fraction of sp³-hybridized carbons (Fsp3) is 0.778. The lowest BCUT2D eigenvalue weighted by Crippen LogP contribution is -2.44. The summed E-state index contributed by atoms with van der Waals surface area (Å²) in [6, 6.07) is 2.56. The predicted molar refractivity (Wildman–Crippen MR) is 84.4 cm³/mol. The zero-order valence-corrected chi connectivity index (χ0v) is 13.5. The van der Waals surface area contributed by atoms with Gasteiger partial charge in [0, 0.05) is 24.6 Å². The van der Waals surface area contributed by atoms with E-state index in [0.717, 1.165) is 25.2 Å². The molecule has 3 rings (SSSR count). The minimum Gasteiger partial charge on any atom is -0.469 e. The zero-order chi connectivity index (χ0) is 14.7. The van der Waals surface area contributed by atoms with Crippen LogP contribution in [0.3, 0.4) is 0 Å². The van der Waals surface area contributed by atoms with Gasteiger partial charge in [0.2, 0.25) is 0 Å². The molecule has 1 saturated carbocycles. The quantitative estimate of drug-likeness (QED) is 0.901. The van der Waals surface area contributed by atoms with Gasteiger partial charge in [-0.1, -0.05) is 26.2 Å². The number of rotatable bonds is 4. The molecule has 1 aromatic rings. The molecule has 21 heavy (non-hydrogen) atoms.